The predicted molar refractivity (Wildman–Crippen MR) is 119 cm³/mol. The molecule has 29 heavy (non-hydrogen) atoms. The summed E-state index contributed by atoms with van der Waals surface area (Å²) in [4.78, 5) is 10.6. The Morgan fingerprint density at radius 2 is 1.41 bits per heavy atom. The first-order chi connectivity index (χ1) is 13.7. The molecular formula is C24H48O5. The molecule has 0 heterocycles. The Hall–Kier alpha value is -0.650. The molecule has 0 aromatic heterocycles. The molecule has 0 saturated carbocycles. The van der Waals surface area contributed by atoms with Crippen LogP contribution in [-0.4, -0.2) is 45.2 Å². The highest BCUT2D eigenvalue weighted by Crippen LogP contribution is 2.22. The number of aliphatic hydroxyl groups is 2. The Balaban J connectivity index is 4.31. The summed E-state index contributed by atoms with van der Waals surface area (Å²) in [5, 5.41) is 29.4. The van der Waals surface area contributed by atoms with Crippen LogP contribution in [0.4, 0.5) is 0 Å². The van der Waals surface area contributed by atoms with Crippen LogP contribution in [0.3, 0.4) is 0 Å². The lowest BCUT2D eigenvalue weighted by atomic mass is 9.98. The summed E-state index contributed by atoms with van der Waals surface area (Å²) in [6, 6.07) is 0. The van der Waals surface area contributed by atoms with Crippen molar-refractivity contribution in [2.75, 3.05) is 0 Å². The van der Waals surface area contributed by atoms with Gasteiger partial charge in [-0.3, -0.25) is 4.79 Å². The van der Waals surface area contributed by atoms with Crippen molar-refractivity contribution >= 4 is 5.97 Å². The fraction of sp³-hybridized carbons (Fsp3) is 0.958. The lowest BCUT2D eigenvalue weighted by molar-refractivity contribution is -0.137. The summed E-state index contributed by atoms with van der Waals surface area (Å²) in [7, 11) is 0. The van der Waals surface area contributed by atoms with Crippen LogP contribution in [0.5, 0.6) is 0 Å². The van der Waals surface area contributed by atoms with Gasteiger partial charge in [-0.25, -0.2) is 0 Å². The second-order valence-corrected chi connectivity index (χ2v) is 9.33. The highest BCUT2D eigenvalue weighted by atomic mass is 16.5. The summed E-state index contributed by atoms with van der Waals surface area (Å²) in [5.74, 6) is -0.725. The van der Waals surface area contributed by atoms with Crippen LogP contribution in [0.15, 0.2) is 0 Å². The van der Waals surface area contributed by atoms with Crippen molar-refractivity contribution in [3.63, 3.8) is 0 Å². The zero-order valence-corrected chi connectivity index (χ0v) is 19.5. The van der Waals surface area contributed by atoms with Crippen molar-refractivity contribution in [3.8, 4) is 0 Å². The SMILES string of the molecule is CCCCCCCCC(O)C(CCCCCCCC(=O)O)OC(C)CC(C)(C)O. The Kier molecular flexibility index (Phi) is 16.7. The number of carboxylic acid groups (broad SMARTS) is 1. The fourth-order valence-corrected chi connectivity index (χ4v) is 3.87. The number of hydrogen-bond donors (Lipinski definition) is 3. The number of aliphatic hydroxyl groups excluding tert-OH is 1. The minimum absolute atomic E-state index is 0.102. The third-order valence-electron chi connectivity index (χ3n) is 5.36. The fourth-order valence-electron chi connectivity index (χ4n) is 3.87. The molecule has 0 rings (SSSR count). The molecule has 0 aromatic rings. The first-order valence-electron chi connectivity index (χ1n) is 11.9. The molecule has 0 spiro atoms. The van der Waals surface area contributed by atoms with Gasteiger partial charge in [0.1, 0.15) is 0 Å². The molecule has 3 N–H and O–H groups in total. The zero-order chi connectivity index (χ0) is 22.1. The quantitative estimate of drug-likeness (QED) is 0.217. The van der Waals surface area contributed by atoms with E-state index < -0.39 is 17.7 Å². The van der Waals surface area contributed by atoms with Gasteiger partial charge in [-0.1, -0.05) is 71.1 Å². The predicted octanol–water partition coefficient (Wildman–Crippen LogP) is 5.85. The number of carboxylic acids is 1. The van der Waals surface area contributed by atoms with Gasteiger partial charge in [0.05, 0.1) is 23.9 Å². The van der Waals surface area contributed by atoms with Gasteiger partial charge in [-0.2, -0.15) is 0 Å². The average Bonchev–Trinajstić information content (AvgIpc) is 2.60. The Morgan fingerprint density at radius 1 is 0.897 bits per heavy atom. The van der Waals surface area contributed by atoms with Gasteiger partial charge in [-0.15, -0.1) is 0 Å². The minimum Gasteiger partial charge on any atom is -0.481 e. The lowest BCUT2D eigenvalue weighted by Crippen LogP contribution is -2.35. The number of carbonyl (C=O) groups is 1. The Labute approximate surface area is 179 Å². The van der Waals surface area contributed by atoms with Crippen LogP contribution in [0.1, 0.15) is 124 Å². The van der Waals surface area contributed by atoms with E-state index >= 15 is 0 Å². The van der Waals surface area contributed by atoms with Crippen molar-refractivity contribution in [2.45, 2.75) is 148 Å². The number of ether oxygens (including phenoxy) is 1. The van der Waals surface area contributed by atoms with Crippen LogP contribution >= 0.6 is 0 Å². The topological polar surface area (TPSA) is 87.0 Å². The van der Waals surface area contributed by atoms with Crippen molar-refractivity contribution in [1.29, 1.82) is 0 Å². The van der Waals surface area contributed by atoms with Crippen LogP contribution in [0, 0.1) is 0 Å². The van der Waals surface area contributed by atoms with E-state index in [9.17, 15) is 15.0 Å². The van der Waals surface area contributed by atoms with E-state index in [1.54, 1.807) is 13.8 Å². The molecule has 0 fully saturated rings. The van der Waals surface area contributed by atoms with Gasteiger partial charge >= 0.3 is 5.97 Å². The molecule has 0 aliphatic rings. The third-order valence-corrected chi connectivity index (χ3v) is 5.36. The van der Waals surface area contributed by atoms with E-state index in [0.717, 1.165) is 57.8 Å². The Bertz CT molecular complexity index is 391. The first kappa shape index (κ1) is 28.4. The molecule has 0 bridgehead atoms. The van der Waals surface area contributed by atoms with E-state index in [-0.39, 0.29) is 18.6 Å². The number of aliphatic carboxylic acids is 1. The molecule has 0 saturated heterocycles. The maximum absolute atomic E-state index is 10.7. The van der Waals surface area contributed by atoms with E-state index in [2.05, 4.69) is 6.92 Å². The van der Waals surface area contributed by atoms with E-state index in [4.69, 9.17) is 9.84 Å². The highest BCUT2D eigenvalue weighted by Gasteiger charge is 2.25. The number of hydrogen-bond acceptors (Lipinski definition) is 4. The summed E-state index contributed by atoms with van der Waals surface area (Å²) in [6.07, 6.45) is 13.5. The van der Waals surface area contributed by atoms with Crippen LogP contribution < -0.4 is 0 Å². The number of rotatable bonds is 20. The third kappa shape index (κ3) is 19.1. The minimum atomic E-state index is -0.779. The normalized spacial score (nSPS) is 15.2. The first-order valence-corrected chi connectivity index (χ1v) is 11.9. The maximum atomic E-state index is 10.7. The molecule has 3 atom stereocenters. The van der Waals surface area contributed by atoms with Gasteiger partial charge in [-0.05, 0) is 40.0 Å². The molecule has 5 heteroatoms. The van der Waals surface area contributed by atoms with Gasteiger partial charge < -0.3 is 20.1 Å². The zero-order valence-electron chi connectivity index (χ0n) is 19.5. The number of unbranched alkanes of at least 4 members (excludes halogenated alkanes) is 9. The van der Waals surface area contributed by atoms with Crippen molar-refractivity contribution in [3.05, 3.63) is 0 Å². The van der Waals surface area contributed by atoms with Gasteiger partial charge in [0.25, 0.3) is 0 Å². The summed E-state index contributed by atoms with van der Waals surface area (Å²) >= 11 is 0. The molecule has 0 radical (unpaired) electrons. The summed E-state index contributed by atoms with van der Waals surface area (Å²) in [6.45, 7) is 7.75. The van der Waals surface area contributed by atoms with Crippen molar-refractivity contribution in [1.82, 2.24) is 0 Å². The van der Waals surface area contributed by atoms with Gasteiger partial charge in [0, 0.05) is 12.8 Å². The van der Waals surface area contributed by atoms with E-state index in [1.807, 2.05) is 6.92 Å². The monoisotopic (exact) mass is 416 g/mol. The molecule has 0 amide bonds. The molecule has 0 aliphatic carbocycles. The largest absolute Gasteiger partial charge is 0.481 e. The average molecular weight is 417 g/mol. The smallest absolute Gasteiger partial charge is 0.303 e. The lowest BCUT2D eigenvalue weighted by Gasteiger charge is -2.30. The molecule has 0 aromatic carbocycles. The Morgan fingerprint density at radius 3 is 1.97 bits per heavy atom. The van der Waals surface area contributed by atoms with Crippen LogP contribution in [0.25, 0.3) is 0 Å². The summed E-state index contributed by atoms with van der Waals surface area (Å²) in [5.41, 5.74) is -0.779. The van der Waals surface area contributed by atoms with Crippen molar-refractivity contribution < 1.29 is 24.9 Å². The molecule has 174 valence electrons. The molecular weight excluding hydrogens is 368 g/mol. The van der Waals surface area contributed by atoms with E-state index in [0.29, 0.717) is 6.42 Å². The molecule has 5 nitrogen and oxygen atoms in total. The van der Waals surface area contributed by atoms with Crippen LogP contribution in [-0.2, 0) is 9.53 Å². The van der Waals surface area contributed by atoms with Crippen LogP contribution in [0.2, 0.25) is 0 Å². The molecule has 0 aliphatic heterocycles. The van der Waals surface area contributed by atoms with Gasteiger partial charge in [0.2, 0.25) is 0 Å². The second-order valence-electron chi connectivity index (χ2n) is 9.33. The van der Waals surface area contributed by atoms with Gasteiger partial charge in [0.15, 0.2) is 0 Å². The second kappa shape index (κ2) is 17.1. The van der Waals surface area contributed by atoms with E-state index in [1.165, 1.54) is 25.7 Å². The van der Waals surface area contributed by atoms with Crippen molar-refractivity contribution in [2.24, 2.45) is 0 Å². The molecule has 3 unspecified atom stereocenters. The maximum Gasteiger partial charge on any atom is 0.303 e. The highest BCUT2D eigenvalue weighted by molar-refractivity contribution is 5.66. The summed E-state index contributed by atoms with van der Waals surface area (Å²) < 4.78 is 6.16. The standard InChI is InChI=1S/C24H48O5/c1-5-6-7-8-10-13-16-21(25)22(29-20(2)19-24(3,4)28)17-14-11-9-12-15-18-23(26)27/h20-22,25,28H,5-19H2,1-4H3,(H,26,27).